The van der Waals surface area contributed by atoms with Crippen LogP contribution in [0.15, 0.2) is 47.2 Å². The third kappa shape index (κ3) is 5.19. The highest BCUT2D eigenvalue weighted by Crippen LogP contribution is 2.54. The number of carbonyl (C=O) groups is 3. The summed E-state index contributed by atoms with van der Waals surface area (Å²) in [4.78, 5) is 41.2. The van der Waals surface area contributed by atoms with Crippen molar-refractivity contribution in [1.29, 1.82) is 0 Å². The van der Waals surface area contributed by atoms with Gasteiger partial charge >= 0.3 is 0 Å². The lowest BCUT2D eigenvalue weighted by Crippen LogP contribution is -2.65. The van der Waals surface area contributed by atoms with Gasteiger partial charge in [0.05, 0.1) is 18.7 Å². The summed E-state index contributed by atoms with van der Waals surface area (Å²) in [7, 11) is 4.72. The van der Waals surface area contributed by atoms with E-state index in [0.717, 1.165) is 30.4 Å². The molecule has 1 amide bonds. The second kappa shape index (κ2) is 11.3. The molecule has 6 N–H and O–H groups in total. The molecule has 10 nitrogen and oxygen atoms in total. The number of hydrogen-bond donors (Lipinski definition) is 5. The smallest absolute Gasteiger partial charge is 0.255 e. The van der Waals surface area contributed by atoms with E-state index in [1.165, 1.54) is 11.0 Å². The van der Waals surface area contributed by atoms with Gasteiger partial charge in [0.15, 0.2) is 11.4 Å². The van der Waals surface area contributed by atoms with Crippen molar-refractivity contribution in [3.8, 4) is 22.6 Å². The number of rotatable bonds is 7. The van der Waals surface area contributed by atoms with Crippen LogP contribution in [0.1, 0.15) is 56.7 Å². The molecule has 2 aromatic rings. The fraction of sp³-hybridized carbons (Fsp3) is 0.457. The molecule has 3 aliphatic rings. The lowest BCUT2D eigenvalue weighted by Gasteiger charge is -2.50. The van der Waals surface area contributed by atoms with Gasteiger partial charge < -0.3 is 30.9 Å². The zero-order valence-corrected chi connectivity index (χ0v) is 26.6. The molecule has 3 aliphatic carbocycles. The van der Waals surface area contributed by atoms with Crippen LogP contribution in [0.25, 0.3) is 16.9 Å². The molecule has 0 spiro atoms. The molecule has 5 rings (SSSR count). The largest absolute Gasteiger partial charge is 0.508 e. The Balaban J connectivity index is 1.66. The summed E-state index contributed by atoms with van der Waals surface area (Å²) in [6.07, 6.45) is 3.11. The average Bonchev–Trinajstić information content (AvgIpc) is 2.94. The number of phenolic OH excluding ortho intramolecular Hbond substituents is 1. The quantitative estimate of drug-likeness (QED) is 0.288. The van der Waals surface area contributed by atoms with Crippen molar-refractivity contribution in [2.75, 3.05) is 21.2 Å². The van der Waals surface area contributed by atoms with E-state index in [2.05, 4.69) is 20.8 Å². The molecule has 4 atom stereocenters. The summed E-state index contributed by atoms with van der Waals surface area (Å²) < 4.78 is 5.72. The number of hydrogen-bond acceptors (Lipinski definition) is 9. The Morgan fingerprint density at radius 3 is 2.38 bits per heavy atom. The number of Topliss-reactive ketones (excluding diaryl/α,β-unsaturated/α-hetero) is 2. The second-order valence-corrected chi connectivity index (χ2v) is 13.9. The first-order valence-corrected chi connectivity index (χ1v) is 15.2. The number of aromatic hydroxyl groups is 1. The SMILES string of the molecule is COc1ccc(CCCC(C)(C)C)cc1-c1ccc(O)c2c1C[C@@H]1C[C@@H]3C(N(C)C)C(=O)C(C(N)=O)=C(O)[C@]3(O)C(=O)C1=C2O. The monoisotopic (exact) mass is 618 g/mol. The third-order valence-electron chi connectivity index (χ3n) is 9.55. The van der Waals surface area contributed by atoms with Gasteiger partial charge in [-0.2, -0.15) is 0 Å². The van der Waals surface area contributed by atoms with Crippen LogP contribution in [0.5, 0.6) is 11.5 Å². The van der Waals surface area contributed by atoms with Gasteiger partial charge in [-0.3, -0.25) is 19.3 Å². The first-order chi connectivity index (χ1) is 21.0. The molecular formula is C35H42N2O8. The Morgan fingerprint density at radius 1 is 1.09 bits per heavy atom. The Labute approximate surface area is 262 Å². The van der Waals surface area contributed by atoms with Gasteiger partial charge in [0, 0.05) is 17.1 Å². The summed E-state index contributed by atoms with van der Waals surface area (Å²) in [5.74, 6) is -6.19. The molecule has 1 saturated carbocycles. The van der Waals surface area contributed by atoms with E-state index in [1.54, 1.807) is 27.3 Å². The van der Waals surface area contributed by atoms with Crippen LogP contribution < -0.4 is 10.5 Å². The minimum absolute atomic E-state index is 0.0187. The fourth-order valence-corrected chi connectivity index (χ4v) is 7.44. The number of benzene rings is 2. The predicted octanol–water partition coefficient (Wildman–Crippen LogP) is 4.01. The standard InChI is InChI=1S/C35H42N2O8/c1-34(2,3)13-7-8-17-9-12-24(45-6)20(14-17)19-10-11-23(38)26-21(19)15-18-16-22-28(37(4)5)30(40)27(33(36)43)32(42)35(22,44)31(41)25(18)29(26)39/h9-12,14,18,22,28,38-39,42,44H,7-8,13,15-16H2,1-6H3,(H2,36,43)/t18-,22-,28?,35-/m1/s1. The Morgan fingerprint density at radius 2 is 1.78 bits per heavy atom. The first kappa shape index (κ1) is 32.2. The van der Waals surface area contributed by atoms with Crippen molar-refractivity contribution in [2.45, 2.75) is 64.5 Å². The van der Waals surface area contributed by atoms with Crippen LogP contribution in [0.4, 0.5) is 0 Å². The zero-order chi connectivity index (χ0) is 33.2. The zero-order valence-electron chi connectivity index (χ0n) is 26.6. The lowest BCUT2D eigenvalue weighted by molar-refractivity contribution is -0.153. The summed E-state index contributed by atoms with van der Waals surface area (Å²) in [5, 5.41) is 45.5. The molecule has 1 fully saturated rings. The van der Waals surface area contributed by atoms with Crippen LogP contribution in [-0.4, -0.2) is 75.6 Å². The summed E-state index contributed by atoms with van der Waals surface area (Å²) in [5.41, 5.74) is 5.13. The highest BCUT2D eigenvalue weighted by molar-refractivity contribution is 6.24. The van der Waals surface area contributed by atoms with Gasteiger partial charge in [-0.05, 0) is 92.4 Å². The van der Waals surface area contributed by atoms with Gasteiger partial charge in [0.2, 0.25) is 5.78 Å². The van der Waals surface area contributed by atoms with E-state index in [1.807, 2.05) is 18.2 Å². The lowest BCUT2D eigenvalue weighted by atomic mass is 9.57. The molecule has 45 heavy (non-hydrogen) atoms. The molecule has 0 aliphatic heterocycles. The molecule has 0 aromatic heterocycles. The Kier molecular flexibility index (Phi) is 8.12. The van der Waals surface area contributed by atoms with E-state index < -0.39 is 58.0 Å². The molecule has 0 saturated heterocycles. The minimum Gasteiger partial charge on any atom is -0.508 e. The topological polar surface area (TPSA) is 171 Å². The van der Waals surface area contributed by atoms with Crippen molar-refractivity contribution >= 4 is 23.2 Å². The number of aryl methyl sites for hydroxylation is 1. The summed E-state index contributed by atoms with van der Waals surface area (Å²) in [6, 6.07) is 8.02. The van der Waals surface area contributed by atoms with E-state index in [0.29, 0.717) is 16.9 Å². The van der Waals surface area contributed by atoms with E-state index in [4.69, 9.17) is 10.5 Å². The number of fused-ring (bicyclic) bond motifs is 3. The maximum Gasteiger partial charge on any atom is 0.255 e. The van der Waals surface area contributed by atoms with Gasteiger partial charge in [-0.15, -0.1) is 0 Å². The number of ketones is 2. The highest BCUT2D eigenvalue weighted by atomic mass is 16.5. The summed E-state index contributed by atoms with van der Waals surface area (Å²) >= 11 is 0. The molecule has 1 unspecified atom stereocenters. The van der Waals surface area contributed by atoms with Crippen molar-refractivity contribution in [1.82, 2.24) is 4.90 Å². The third-order valence-corrected chi connectivity index (χ3v) is 9.55. The number of likely N-dealkylation sites (N-methyl/N-ethyl adjacent to an activating group) is 1. The highest BCUT2D eigenvalue weighted by Gasteiger charge is 2.64. The molecule has 240 valence electrons. The minimum atomic E-state index is -2.68. The second-order valence-electron chi connectivity index (χ2n) is 13.9. The van der Waals surface area contributed by atoms with Crippen LogP contribution in [-0.2, 0) is 27.2 Å². The molecule has 10 heteroatoms. The van der Waals surface area contributed by atoms with Crippen LogP contribution in [0.2, 0.25) is 0 Å². The van der Waals surface area contributed by atoms with Crippen molar-refractivity contribution in [3.63, 3.8) is 0 Å². The number of aliphatic hydroxyl groups is 3. The number of primary amides is 1. The van der Waals surface area contributed by atoms with E-state index in [9.17, 15) is 34.8 Å². The molecule has 0 bridgehead atoms. The number of aliphatic hydroxyl groups excluding tert-OH is 2. The number of amides is 1. The van der Waals surface area contributed by atoms with Crippen LogP contribution in [0.3, 0.4) is 0 Å². The maximum atomic E-state index is 14.1. The van der Waals surface area contributed by atoms with E-state index >= 15 is 0 Å². The van der Waals surface area contributed by atoms with Gasteiger partial charge in [0.1, 0.15) is 28.6 Å². The molecule has 0 radical (unpaired) electrons. The van der Waals surface area contributed by atoms with E-state index in [-0.39, 0.29) is 35.1 Å². The van der Waals surface area contributed by atoms with Crippen molar-refractivity contribution in [2.24, 2.45) is 23.0 Å². The number of ether oxygens (including phenoxy) is 1. The number of nitrogens with two attached hydrogens (primary N) is 1. The maximum absolute atomic E-state index is 14.1. The van der Waals surface area contributed by atoms with Gasteiger partial charge in [-0.1, -0.05) is 32.9 Å². The number of carbonyl (C=O) groups excluding carboxylic acids is 3. The molecular weight excluding hydrogens is 576 g/mol. The average molecular weight is 619 g/mol. The number of methoxy groups -OCH3 is 1. The normalized spacial score (nSPS) is 24.8. The van der Waals surface area contributed by atoms with Crippen LogP contribution >= 0.6 is 0 Å². The van der Waals surface area contributed by atoms with Crippen molar-refractivity contribution < 1.29 is 39.5 Å². The van der Waals surface area contributed by atoms with Gasteiger partial charge in [0.25, 0.3) is 5.91 Å². The molecule has 0 heterocycles. The predicted molar refractivity (Wildman–Crippen MR) is 169 cm³/mol. The number of phenols is 1. The van der Waals surface area contributed by atoms with Crippen molar-refractivity contribution in [3.05, 3.63) is 63.9 Å². The summed E-state index contributed by atoms with van der Waals surface area (Å²) in [6.45, 7) is 6.62. The Bertz CT molecular complexity index is 1660. The fourth-order valence-electron chi connectivity index (χ4n) is 7.44. The van der Waals surface area contributed by atoms with Gasteiger partial charge in [-0.25, -0.2) is 0 Å². The Hall–Kier alpha value is -4.15. The van der Waals surface area contributed by atoms with Crippen LogP contribution in [0, 0.1) is 17.3 Å². The number of nitrogens with zero attached hydrogens (tertiary/aromatic N) is 1. The first-order valence-electron chi connectivity index (χ1n) is 15.2. The molecule has 2 aromatic carbocycles.